The van der Waals surface area contributed by atoms with Gasteiger partial charge in [-0.05, 0) is 12.1 Å². The van der Waals surface area contributed by atoms with Gasteiger partial charge >= 0.3 is 6.03 Å². The van der Waals surface area contributed by atoms with Crippen LogP contribution in [0.5, 0.6) is 17.2 Å². The van der Waals surface area contributed by atoms with Crippen LogP contribution in [0.1, 0.15) is 0 Å². The molecule has 2 aromatic carbocycles. The lowest BCUT2D eigenvalue weighted by molar-refractivity contribution is -0.384. The van der Waals surface area contributed by atoms with Crippen LogP contribution in [0.15, 0.2) is 36.4 Å². The molecule has 0 bridgehead atoms. The number of hydrogen-bond acceptors (Lipinski definition) is 6. The van der Waals surface area contributed by atoms with Crippen molar-refractivity contribution in [3.8, 4) is 17.2 Å². The van der Waals surface area contributed by atoms with Crippen molar-refractivity contribution in [3.63, 3.8) is 0 Å². The second-order valence-corrected chi connectivity index (χ2v) is 4.80. The smallest absolute Gasteiger partial charge is 0.323 e. The Bertz CT molecular complexity index is 751. The van der Waals surface area contributed by atoms with E-state index in [9.17, 15) is 14.9 Å². The van der Waals surface area contributed by atoms with Crippen LogP contribution < -0.4 is 24.8 Å². The molecule has 0 saturated carbocycles. The number of carbonyl (C=O) groups excluding carboxylic acids is 1. The third kappa shape index (κ3) is 4.28. The molecule has 0 spiro atoms. The standard InChI is InChI=1S/C16H17N3O6/c1-23-13-8-11(9-14(24-2)15(13)25-3)18-16(20)17-10-4-6-12(7-5-10)19(21)22/h4-9H,1-3H3,(H2,17,18,20). The summed E-state index contributed by atoms with van der Waals surface area (Å²) in [6.45, 7) is 0. The number of amides is 2. The van der Waals surface area contributed by atoms with Crippen molar-refractivity contribution in [2.45, 2.75) is 0 Å². The van der Waals surface area contributed by atoms with Gasteiger partial charge in [-0.3, -0.25) is 10.1 Å². The molecule has 0 aliphatic rings. The molecule has 0 aliphatic heterocycles. The number of nitrogens with zero attached hydrogens (tertiary/aromatic N) is 1. The minimum Gasteiger partial charge on any atom is -0.493 e. The van der Waals surface area contributed by atoms with E-state index in [1.807, 2.05) is 0 Å². The van der Waals surface area contributed by atoms with Gasteiger partial charge in [-0.15, -0.1) is 0 Å². The molecule has 2 rings (SSSR count). The number of non-ortho nitro benzene ring substituents is 1. The van der Waals surface area contributed by atoms with Crippen molar-refractivity contribution >= 4 is 23.1 Å². The molecule has 0 fully saturated rings. The molecule has 2 aromatic rings. The minimum atomic E-state index is -0.525. The molecule has 0 unspecified atom stereocenters. The van der Waals surface area contributed by atoms with Crippen LogP contribution in [0.4, 0.5) is 21.9 Å². The van der Waals surface area contributed by atoms with Crippen molar-refractivity contribution in [3.05, 3.63) is 46.5 Å². The summed E-state index contributed by atoms with van der Waals surface area (Å²) in [7, 11) is 4.42. The minimum absolute atomic E-state index is 0.0596. The summed E-state index contributed by atoms with van der Waals surface area (Å²) < 4.78 is 15.6. The monoisotopic (exact) mass is 347 g/mol. The average molecular weight is 347 g/mol. The van der Waals surface area contributed by atoms with E-state index in [-0.39, 0.29) is 5.69 Å². The molecule has 0 radical (unpaired) electrons. The van der Waals surface area contributed by atoms with E-state index in [1.54, 1.807) is 12.1 Å². The summed E-state index contributed by atoms with van der Waals surface area (Å²) >= 11 is 0. The molecule has 0 heterocycles. The molecule has 132 valence electrons. The Kier molecular flexibility index (Phi) is 5.62. The first-order chi connectivity index (χ1) is 12.0. The van der Waals surface area contributed by atoms with Crippen LogP contribution >= 0.6 is 0 Å². The summed E-state index contributed by atoms with van der Waals surface area (Å²) in [4.78, 5) is 22.2. The van der Waals surface area contributed by atoms with Crippen LogP contribution in [0.2, 0.25) is 0 Å². The number of anilines is 2. The molecular weight excluding hydrogens is 330 g/mol. The summed E-state index contributed by atoms with van der Waals surface area (Å²) in [5.74, 6) is 1.20. The fourth-order valence-corrected chi connectivity index (χ4v) is 2.11. The molecule has 2 amide bonds. The predicted molar refractivity (Wildman–Crippen MR) is 91.8 cm³/mol. The number of benzene rings is 2. The second-order valence-electron chi connectivity index (χ2n) is 4.80. The number of carbonyl (C=O) groups is 1. The van der Waals surface area contributed by atoms with E-state index in [4.69, 9.17) is 14.2 Å². The highest BCUT2D eigenvalue weighted by molar-refractivity contribution is 6.00. The Morgan fingerprint density at radius 3 is 1.88 bits per heavy atom. The lowest BCUT2D eigenvalue weighted by Gasteiger charge is -2.15. The Morgan fingerprint density at radius 2 is 1.44 bits per heavy atom. The highest BCUT2D eigenvalue weighted by Crippen LogP contribution is 2.39. The third-order valence-electron chi connectivity index (χ3n) is 3.26. The van der Waals surface area contributed by atoms with E-state index < -0.39 is 11.0 Å². The van der Waals surface area contributed by atoms with Gasteiger partial charge in [0.1, 0.15) is 0 Å². The molecule has 9 heteroatoms. The first-order valence-electron chi connectivity index (χ1n) is 7.11. The van der Waals surface area contributed by atoms with Gasteiger partial charge in [-0.2, -0.15) is 0 Å². The van der Waals surface area contributed by atoms with Crippen LogP contribution in [-0.4, -0.2) is 32.3 Å². The van der Waals surface area contributed by atoms with E-state index >= 15 is 0 Å². The molecule has 25 heavy (non-hydrogen) atoms. The lowest BCUT2D eigenvalue weighted by atomic mass is 10.2. The van der Waals surface area contributed by atoms with E-state index in [0.29, 0.717) is 28.6 Å². The van der Waals surface area contributed by atoms with Gasteiger partial charge in [-0.25, -0.2) is 4.79 Å². The number of urea groups is 1. The number of nitrogens with one attached hydrogen (secondary N) is 2. The maximum Gasteiger partial charge on any atom is 0.323 e. The molecule has 2 N–H and O–H groups in total. The molecule has 0 atom stereocenters. The number of methoxy groups -OCH3 is 3. The fourth-order valence-electron chi connectivity index (χ4n) is 2.11. The Balaban J connectivity index is 2.13. The molecular formula is C16H17N3O6. The lowest BCUT2D eigenvalue weighted by Crippen LogP contribution is -2.19. The normalized spacial score (nSPS) is 9.88. The van der Waals surface area contributed by atoms with Gasteiger partial charge in [-0.1, -0.05) is 0 Å². The van der Waals surface area contributed by atoms with Crippen LogP contribution in [0.3, 0.4) is 0 Å². The molecule has 0 aromatic heterocycles. The highest BCUT2D eigenvalue weighted by Gasteiger charge is 2.14. The number of ether oxygens (including phenoxy) is 3. The van der Waals surface area contributed by atoms with E-state index in [1.165, 1.54) is 45.6 Å². The second kappa shape index (κ2) is 7.86. The summed E-state index contributed by atoms with van der Waals surface area (Å²) in [6.07, 6.45) is 0. The highest BCUT2D eigenvalue weighted by atomic mass is 16.6. The zero-order valence-electron chi connectivity index (χ0n) is 13.9. The van der Waals surface area contributed by atoms with Gasteiger partial charge in [0, 0.05) is 30.0 Å². The van der Waals surface area contributed by atoms with Crippen molar-refractivity contribution in [1.82, 2.24) is 0 Å². The summed E-state index contributed by atoms with van der Waals surface area (Å²) in [5.41, 5.74) is 0.778. The molecule has 9 nitrogen and oxygen atoms in total. The van der Waals surface area contributed by atoms with Gasteiger partial charge < -0.3 is 24.8 Å². The van der Waals surface area contributed by atoms with E-state index in [2.05, 4.69) is 10.6 Å². The van der Waals surface area contributed by atoms with Gasteiger partial charge in [0.25, 0.3) is 5.69 Å². The molecule has 0 aliphatic carbocycles. The summed E-state index contributed by atoms with van der Waals surface area (Å²) in [6, 6.07) is 8.11. The number of nitro benzene ring substituents is 1. The Labute approximate surface area is 143 Å². The Hall–Kier alpha value is -3.49. The largest absolute Gasteiger partial charge is 0.493 e. The quantitative estimate of drug-likeness (QED) is 0.613. The van der Waals surface area contributed by atoms with Crippen molar-refractivity contribution in [2.24, 2.45) is 0 Å². The van der Waals surface area contributed by atoms with Crippen molar-refractivity contribution in [1.29, 1.82) is 0 Å². The maximum absolute atomic E-state index is 12.1. The fraction of sp³-hybridized carbons (Fsp3) is 0.188. The first kappa shape index (κ1) is 17.9. The van der Waals surface area contributed by atoms with Crippen LogP contribution in [0.25, 0.3) is 0 Å². The maximum atomic E-state index is 12.1. The SMILES string of the molecule is COc1cc(NC(=O)Nc2ccc([N+](=O)[O-])cc2)cc(OC)c1OC. The van der Waals surface area contributed by atoms with Crippen molar-refractivity contribution < 1.29 is 23.9 Å². The van der Waals surface area contributed by atoms with Crippen LogP contribution in [0, 0.1) is 10.1 Å². The average Bonchev–Trinajstić information content (AvgIpc) is 2.61. The Morgan fingerprint density at radius 1 is 0.920 bits per heavy atom. The third-order valence-corrected chi connectivity index (χ3v) is 3.26. The zero-order chi connectivity index (χ0) is 18.4. The zero-order valence-corrected chi connectivity index (χ0v) is 13.9. The van der Waals surface area contributed by atoms with Gasteiger partial charge in [0.15, 0.2) is 11.5 Å². The summed E-state index contributed by atoms with van der Waals surface area (Å²) in [5, 5.41) is 15.8. The first-order valence-corrected chi connectivity index (χ1v) is 7.11. The van der Waals surface area contributed by atoms with Crippen molar-refractivity contribution in [2.75, 3.05) is 32.0 Å². The topological polar surface area (TPSA) is 112 Å². The van der Waals surface area contributed by atoms with Gasteiger partial charge in [0.05, 0.1) is 31.9 Å². The van der Waals surface area contributed by atoms with E-state index in [0.717, 1.165) is 0 Å². The number of nitro groups is 1. The predicted octanol–water partition coefficient (Wildman–Crippen LogP) is 3.26. The number of rotatable bonds is 6. The number of hydrogen-bond donors (Lipinski definition) is 2. The van der Waals surface area contributed by atoms with Gasteiger partial charge in [0.2, 0.25) is 5.75 Å². The molecule has 0 saturated heterocycles. The van der Waals surface area contributed by atoms with Crippen LogP contribution in [-0.2, 0) is 0 Å².